The molecular formula is C12H15NO2. The molecule has 80 valence electrons. The molecule has 0 aliphatic heterocycles. The highest BCUT2D eigenvalue weighted by molar-refractivity contribution is 5.80. The van der Waals surface area contributed by atoms with E-state index in [1.54, 1.807) is 18.3 Å². The number of aromatic nitrogens is 1. The molecule has 0 amide bonds. The Balaban J connectivity index is 0.000000262. The highest BCUT2D eigenvalue weighted by Gasteiger charge is 1.78. The number of nitrogens with zero attached hydrogens (tertiary/aromatic N) is 1. The normalized spacial score (nSPS) is 10.0. The van der Waals surface area contributed by atoms with Crippen LogP contribution in [-0.4, -0.2) is 16.1 Å². The fraction of sp³-hybridized carbons (Fsp3) is 0.167. The van der Waals surface area contributed by atoms with Crippen LogP contribution in [0.4, 0.5) is 0 Å². The molecular weight excluding hydrogens is 190 g/mol. The van der Waals surface area contributed by atoms with E-state index in [-0.39, 0.29) is 0 Å². The van der Waals surface area contributed by atoms with Crippen molar-refractivity contribution in [3.05, 3.63) is 54.4 Å². The van der Waals surface area contributed by atoms with Gasteiger partial charge in [-0.25, -0.2) is 4.79 Å². The predicted molar refractivity (Wildman–Crippen MR) is 60.6 cm³/mol. The summed E-state index contributed by atoms with van der Waals surface area (Å²) in [5.41, 5.74) is 1.07. The molecule has 3 heteroatoms. The molecule has 1 rings (SSSR count). The Labute approximate surface area is 89.8 Å². The molecule has 0 radical (unpaired) electrons. The molecule has 0 aliphatic carbocycles. The van der Waals surface area contributed by atoms with Crippen molar-refractivity contribution in [3.8, 4) is 0 Å². The van der Waals surface area contributed by atoms with E-state index in [2.05, 4.69) is 4.98 Å². The van der Waals surface area contributed by atoms with Gasteiger partial charge in [-0.3, -0.25) is 4.98 Å². The summed E-state index contributed by atoms with van der Waals surface area (Å²) in [6, 6.07) is 5.86. The molecule has 0 fully saturated rings. The summed E-state index contributed by atoms with van der Waals surface area (Å²) in [4.78, 5) is 13.7. The first kappa shape index (κ1) is 13.1. The maximum Gasteiger partial charge on any atom is 0.328 e. The van der Waals surface area contributed by atoms with Gasteiger partial charge in [0.15, 0.2) is 0 Å². The summed E-state index contributed by atoms with van der Waals surface area (Å²) >= 11 is 0. The summed E-state index contributed by atoms with van der Waals surface area (Å²) < 4.78 is 0. The molecule has 0 unspecified atom stereocenters. The second-order valence-corrected chi connectivity index (χ2v) is 2.69. The van der Waals surface area contributed by atoms with Crippen LogP contribution in [0, 0.1) is 6.92 Å². The molecule has 1 aromatic heterocycles. The van der Waals surface area contributed by atoms with Crippen molar-refractivity contribution < 1.29 is 9.90 Å². The molecule has 1 heterocycles. The zero-order chi connectivity index (χ0) is 11.5. The molecule has 15 heavy (non-hydrogen) atoms. The number of carboxylic acid groups (broad SMARTS) is 1. The summed E-state index contributed by atoms with van der Waals surface area (Å²) in [5.74, 6) is -0.914. The second kappa shape index (κ2) is 8.69. The zero-order valence-electron chi connectivity index (χ0n) is 8.92. The molecule has 1 aromatic rings. The van der Waals surface area contributed by atoms with E-state index in [1.807, 2.05) is 32.0 Å². The lowest BCUT2D eigenvalue weighted by atomic mass is 10.4. The zero-order valence-corrected chi connectivity index (χ0v) is 8.92. The van der Waals surface area contributed by atoms with Gasteiger partial charge in [-0.15, -0.1) is 0 Å². The van der Waals surface area contributed by atoms with Crippen molar-refractivity contribution in [3.63, 3.8) is 0 Å². The van der Waals surface area contributed by atoms with E-state index >= 15 is 0 Å². The van der Waals surface area contributed by atoms with Gasteiger partial charge in [0.25, 0.3) is 0 Å². The van der Waals surface area contributed by atoms with Gasteiger partial charge < -0.3 is 5.11 Å². The van der Waals surface area contributed by atoms with Crippen LogP contribution < -0.4 is 0 Å². The van der Waals surface area contributed by atoms with E-state index < -0.39 is 5.97 Å². The van der Waals surface area contributed by atoms with Crippen molar-refractivity contribution in [2.45, 2.75) is 13.8 Å². The summed E-state index contributed by atoms with van der Waals surface area (Å²) in [7, 11) is 0. The van der Waals surface area contributed by atoms with Crippen LogP contribution in [0.1, 0.15) is 12.6 Å². The number of allylic oxidation sites excluding steroid dienone is 3. The minimum absolute atomic E-state index is 0.914. The molecule has 0 aromatic carbocycles. The van der Waals surface area contributed by atoms with Crippen molar-refractivity contribution >= 4 is 5.97 Å². The van der Waals surface area contributed by atoms with Gasteiger partial charge in [0.05, 0.1) is 0 Å². The molecule has 0 atom stereocenters. The number of hydrogen-bond acceptors (Lipinski definition) is 2. The largest absolute Gasteiger partial charge is 0.478 e. The Morgan fingerprint density at radius 3 is 2.47 bits per heavy atom. The Kier molecular flexibility index (Phi) is 7.59. The Morgan fingerprint density at radius 1 is 1.40 bits per heavy atom. The minimum Gasteiger partial charge on any atom is -0.478 e. The van der Waals surface area contributed by atoms with Crippen LogP contribution in [0.15, 0.2) is 48.7 Å². The first-order valence-electron chi connectivity index (χ1n) is 4.56. The SMILES string of the molecule is C/C=C/C=C/C(=O)O.Cc1ccccn1. The van der Waals surface area contributed by atoms with Crippen LogP contribution >= 0.6 is 0 Å². The van der Waals surface area contributed by atoms with Gasteiger partial charge in [0, 0.05) is 18.0 Å². The number of carboxylic acids is 1. The van der Waals surface area contributed by atoms with Gasteiger partial charge in [-0.05, 0) is 26.0 Å². The highest BCUT2D eigenvalue weighted by atomic mass is 16.4. The summed E-state index contributed by atoms with van der Waals surface area (Å²) in [5, 5.41) is 8.02. The fourth-order valence-corrected chi connectivity index (χ4v) is 0.697. The Bertz CT molecular complexity index is 329. The molecule has 0 bridgehead atoms. The number of carbonyl (C=O) groups is 1. The van der Waals surface area contributed by atoms with Gasteiger partial charge in [-0.1, -0.05) is 24.3 Å². The quantitative estimate of drug-likeness (QED) is 0.596. The van der Waals surface area contributed by atoms with Crippen LogP contribution in [0.25, 0.3) is 0 Å². The van der Waals surface area contributed by atoms with Gasteiger partial charge >= 0.3 is 5.97 Å². The molecule has 1 N–H and O–H groups in total. The van der Waals surface area contributed by atoms with Crippen LogP contribution in [0.3, 0.4) is 0 Å². The molecule has 0 saturated carbocycles. The van der Waals surface area contributed by atoms with Crippen molar-refractivity contribution in [1.82, 2.24) is 4.98 Å². The lowest BCUT2D eigenvalue weighted by Crippen LogP contribution is -1.83. The van der Waals surface area contributed by atoms with E-state index in [9.17, 15) is 4.79 Å². The van der Waals surface area contributed by atoms with E-state index in [4.69, 9.17) is 5.11 Å². The van der Waals surface area contributed by atoms with Gasteiger partial charge in [-0.2, -0.15) is 0 Å². The number of aryl methyl sites for hydroxylation is 1. The fourth-order valence-electron chi connectivity index (χ4n) is 0.697. The van der Waals surface area contributed by atoms with E-state index in [1.165, 1.54) is 6.08 Å². The predicted octanol–water partition coefficient (Wildman–Crippen LogP) is 2.59. The summed E-state index contributed by atoms with van der Waals surface area (Å²) in [6.07, 6.45) is 7.77. The van der Waals surface area contributed by atoms with Crippen LogP contribution in [0.2, 0.25) is 0 Å². The van der Waals surface area contributed by atoms with Gasteiger partial charge in [0.1, 0.15) is 0 Å². The lowest BCUT2D eigenvalue weighted by molar-refractivity contribution is -0.131. The highest BCUT2D eigenvalue weighted by Crippen LogP contribution is 1.86. The maximum absolute atomic E-state index is 9.75. The van der Waals surface area contributed by atoms with Gasteiger partial charge in [0.2, 0.25) is 0 Å². The van der Waals surface area contributed by atoms with E-state index in [0.717, 1.165) is 11.8 Å². The minimum atomic E-state index is -0.914. The number of aliphatic carboxylic acids is 1. The first-order chi connectivity index (χ1) is 7.16. The smallest absolute Gasteiger partial charge is 0.328 e. The van der Waals surface area contributed by atoms with Crippen molar-refractivity contribution in [2.24, 2.45) is 0 Å². The van der Waals surface area contributed by atoms with Crippen LogP contribution in [-0.2, 0) is 4.79 Å². The molecule has 0 aliphatic rings. The Hall–Kier alpha value is -1.90. The lowest BCUT2D eigenvalue weighted by Gasteiger charge is -1.82. The third kappa shape index (κ3) is 10.0. The van der Waals surface area contributed by atoms with E-state index in [0.29, 0.717) is 0 Å². The Morgan fingerprint density at radius 2 is 2.13 bits per heavy atom. The maximum atomic E-state index is 9.75. The second-order valence-electron chi connectivity index (χ2n) is 2.69. The number of hydrogen-bond donors (Lipinski definition) is 1. The number of rotatable bonds is 2. The average molecular weight is 205 g/mol. The standard InChI is InChI=1S/C6H7N.C6H8O2/c1-6-4-2-3-5-7-6;1-2-3-4-5-6(7)8/h2-5H,1H3;2-5H,1H3,(H,7,8)/b;3-2+,5-4+. The van der Waals surface area contributed by atoms with Crippen LogP contribution in [0.5, 0.6) is 0 Å². The summed E-state index contributed by atoms with van der Waals surface area (Å²) in [6.45, 7) is 3.80. The van der Waals surface area contributed by atoms with Crippen molar-refractivity contribution in [2.75, 3.05) is 0 Å². The number of pyridine rings is 1. The molecule has 3 nitrogen and oxygen atoms in total. The van der Waals surface area contributed by atoms with Crippen molar-refractivity contribution in [1.29, 1.82) is 0 Å². The first-order valence-corrected chi connectivity index (χ1v) is 4.56. The molecule has 0 spiro atoms. The third-order valence-corrected chi connectivity index (χ3v) is 1.36. The molecule has 0 saturated heterocycles. The monoisotopic (exact) mass is 205 g/mol. The third-order valence-electron chi connectivity index (χ3n) is 1.36. The average Bonchev–Trinajstić information content (AvgIpc) is 2.20. The topological polar surface area (TPSA) is 50.2 Å².